The van der Waals surface area contributed by atoms with Crippen molar-refractivity contribution >= 4 is 11.6 Å². The van der Waals surface area contributed by atoms with Crippen molar-refractivity contribution in [3.63, 3.8) is 0 Å². The van der Waals surface area contributed by atoms with Gasteiger partial charge in [0.25, 0.3) is 5.91 Å². The van der Waals surface area contributed by atoms with E-state index in [1.165, 1.54) is 0 Å². The Morgan fingerprint density at radius 1 is 1.11 bits per heavy atom. The molecule has 0 saturated heterocycles. The van der Waals surface area contributed by atoms with Gasteiger partial charge in [0.1, 0.15) is 11.9 Å². The van der Waals surface area contributed by atoms with Crippen LogP contribution in [0.3, 0.4) is 0 Å². The third-order valence-electron chi connectivity index (χ3n) is 2.86. The van der Waals surface area contributed by atoms with E-state index in [-0.39, 0.29) is 6.10 Å². The summed E-state index contributed by atoms with van der Waals surface area (Å²) in [5.74, 6) is -0.0144. The molecule has 0 aliphatic carbocycles. The summed E-state index contributed by atoms with van der Waals surface area (Å²) in [6.07, 6.45) is -0.193. The summed E-state index contributed by atoms with van der Waals surface area (Å²) in [6, 6.07) is 14.4. The molecule has 0 aliphatic heterocycles. The minimum atomic E-state index is -0.500. The monoisotopic (exact) mass is 256 g/mol. The molecule has 0 heterocycles. The van der Waals surface area contributed by atoms with E-state index < -0.39 is 5.91 Å². The van der Waals surface area contributed by atoms with Gasteiger partial charge in [-0.1, -0.05) is 24.3 Å². The maximum Gasteiger partial charge on any atom is 0.252 e. The van der Waals surface area contributed by atoms with E-state index in [0.717, 1.165) is 5.56 Å². The first-order chi connectivity index (χ1) is 9.08. The molecule has 2 aromatic carbocycles. The highest BCUT2D eigenvalue weighted by Gasteiger charge is 2.12. The number of nitrogen functional groups attached to an aromatic ring is 1. The Balaban J connectivity index is 2.21. The second-order valence-corrected chi connectivity index (χ2v) is 4.29. The summed E-state index contributed by atoms with van der Waals surface area (Å²) >= 11 is 0. The molecule has 0 aromatic heterocycles. The zero-order chi connectivity index (χ0) is 13.8. The number of ether oxygens (including phenoxy) is 1. The maximum atomic E-state index is 11.3. The molecule has 2 rings (SSSR count). The van der Waals surface area contributed by atoms with Crippen molar-refractivity contribution in [3.05, 3.63) is 59.7 Å². The molecule has 4 nitrogen and oxygen atoms in total. The normalized spacial score (nSPS) is 11.8. The Kier molecular flexibility index (Phi) is 3.71. The highest BCUT2D eigenvalue weighted by Crippen LogP contribution is 2.25. The number of hydrogen-bond acceptors (Lipinski definition) is 3. The van der Waals surface area contributed by atoms with Crippen LogP contribution < -0.4 is 16.2 Å². The Bertz CT molecular complexity index is 579. The maximum absolute atomic E-state index is 11.3. The van der Waals surface area contributed by atoms with Gasteiger partial charge >= 0.3 is 0 Å². The van der Waals surface area contributed by atoms with Gasteiger partial charge in [0.2, 0.25) is 0 Å². The number of para-hydroxylation sites is 1. The van der Waals surface area contributed by atoms with Crippen molar-refractivity contribution < 1.29 is 9.53 Å². The van der Waals surface area contributed by atoms with Crippen LogP contribution in [0.15, 0.2) is 48.5 Å². The Morgan fingerprint density at radius 3 is 2.37 bits per heavy atom. The van der Waals surface area contributed by atoms with Crippen LogP contribution in [0.2, 0.25) is 0 Å². The minimum absolute atomic E-state index is 0.193. The van der Waals surface area contributed by atoms with Crippen LogP contribution in [0.1, 0.15) is 28.9 Å². The summed E-state index contributed by atoms with van der Waals surface area (Å²) in [6.45, 7) is 1.91. The Morgan fingerprint density at radius 2 is 1.74 bits per heavy atom. The lowest BCUT2D eigenvalue weighted by molar-refractivity contribution is 0.0993. The topological polar surface area (TPSA) is 78.3 Å². The van der Waals surface area contributed by atoms with Gasteiger partial charge in [-0.2, -0.15) is 0 Å². The molecular formula is C15H16N2O2. The highest BCUT2D eigenvalue weighted by molar-refractivity contribution is 5.95. The van der Waals surface area contributed by atoms with Crippen molar-refractivity contribution in [2.45, 2.75) is 13.0 Å². The number of nitrogens with two attached hydrogens (primary N) is 2. The van der Waals surface area contributed by atoms with Gasteiger partial charge in [0, 0.05) is 5.69 Å². The molecule has 0 radical (unpaired) electrons. The quantitative estimate of drug-likeness (QED) is 0.825. The van der Waals surface area contributed by atoms with Crippen LogP contribution in [0.4, 0.5) is 5.69 Å². The number of carbonyl (C=O) groups is 1. The van der Waals surface area contributed by atoms with Crippen LogP contribution >= 0.6 is 0 Å². The molecule has 0 saturated carbocycles. The predicted octanol–water partition coefficient (Wildman–Crippen LogP) is 2.51. The second kappa shape index (κ2) is 5.44. The number of benzene rings is 2. The molecular weight excluding hydrogens is 240 g/mol. The fourth-order valence-electron chi connectivity index (χ4n) is 1.80. The van der Waals surface area contributed by atoms with Crippen LogP contribution in [-0.2, 0) is 0 Å². The third kappa shape index (κ3) is 3.04. The molecule has 1 atom stereocenters. The predicted molar refractivity (Wildman–Crippen MR) is 74.9 cm³/mol. The standard InChI is InChI=1S/C15H16N2O2/c1-10(11-6-8-12(16)9-7-11)19-14-5-3-2-4-13(14)15(17)18/h2-10H,16H2,1H3,(H2,17,18). The average molecular weight is 256 g/mol. The van der Waals surface area contributed by atoms with E-state index in [0.29, 0.717) is 17.0 Å². The molecule has 1 unspecified atom stereocenters. The summed E-state index contributed by atoms with van der Waals surface area (Å²) in [5.41, 5.74) is 13.0. The average Bonchev–Trinajstić information content (AvgIpc) is 2.39. The minimum Gasteiger partial charge on any atom is -0.485 e. The van der Waals surface area contributed by atoms with Crippen molar-refractivity contribution in [1.82, 2.24) is 0 Å². The zero-order valence-electron chi connectivity index (χ0n) is 10.7. The molecule has 1 amide bonds. The van der Waals surface area contributed by atoms with Crippen LogP contribution in [0.25, 0.3) is 0 Å². The van der Waals surface area contributed by atoms with E-state index >= 15 is 0 Å². The van der Waals surface area contributed by atoms with E-state index in [1.807, 2.05) is 31.2 Å². The lowest BCUT2D eigenvalue weighted by Crippen LogP contribution is -2.14. The Hall–Kier alpha value is -2.49. The largest absolute Gasteiger partial charge is 0.485 e. The van der Waals surface area contributed by atoms with Gasteiger partial charge in [0.05, 0.1) is 5.56 Å². The molecule has 0 fully saturated rings. The first-order valence-corrected chi connectivity index (χ1v) is 5.99. The number of hydrogen-bond donors (Lipinski definition) is 2. The van der Waals surface area contributed by atoms with Crippen molar-refractivity contribution in [2.24, 2.45) is 5.73 Å². The summed E-state index contributed by atoms with van der Waals surface area (Å²) in [4.78, 5) is 11.3. The first kappa shape index (κ1) is 13.0. The molecule has 2 aromatic rings. The van der Waals surface area contributed by atoms with Crippen LogP contribution in [0, 0.1) is 0 Å². The number of amides is 1. The highest BCUT2D eigenvalue weighted by atomic mass is 16.5. The van der Waals surface area contributed by atoms with E-state index in [9.17, 15) is 4.79 Å². The Labute approximate surface area is 112 Å². The van der Waals surface area contributed by atoms with Crippen molar-refractivity contribution in [3.8, 4) is 5.75 Å². The molecule has 0 bridgehead atoms. The van der Waals surface area contributed by atoms with Gasteiger partial charge in [-0.3, -0.25) is 4.79 Å². The van der Waals surface area contributed by atoms with Gasteiger partial charge < -0.3 is 16.2 Å². The van der Waals surface area contributed by atoms with Crippen LogP contribution in [-0.4, -0.2) is 5.91 Å². The summed E-state index contributed by atoms with van der Waals surface area (Å²) < 4.78 is 5.79. The molecule has 4 heteroatoms. The van der Waals surface area contributed by atoms with E-state index in [4.69, 9.17) is 16.2 Å². The number of rotatable bonds is 4. The van der Waals surface area contributed by atoms with Crippen LogP contribution in [0.5, 0.6) is 5.75 Å². The van der Waals surface area contributed by atoms with Crippen molar-refractivity contribution in [2.75, 3.05) is 5.73 Å². The van der Waals surface area contributed by atoms with E-state index in [1.54, 1.807) is 24.3 Å². The molecule has 98 valence electrons. The van der Waals surface area contributed by atoms with Gasteiger partial charge in [-0.15, -0.1) is 0 Å². The smallest absolute Gasteiger partial charge is 0.252 e. The SMILES string of the molecule is CC(Oc1ccccc1C(N)=O)c1ccc(N)cc1. The summed E-state index contributed by atoms with van der Waals surface area (Å²) in [5, 5.41) is 0. The number of anilines is 1. The second-order valence-electron chi connectivity index (χ2n) is 4.29. The molecule has 19 heavy (non-hydrogen) atoms. The zero-order valence-corrected chi connectivity index (χ0v) is 10.7. The van der Waals surface area contributed by atoms with Crippen molar-refractivity contribution in [1.29, 1.82) is 0 Å². The molecule has 4 N–H and O–H groups in total. The molecule has 0 aliphatic rings. The lowest BCUT2D eigenvalue weighted by atomic mass is 10.1. The summed E-state index contributed by atoms with van der Waals surface area (Å²) in [7, 11) is 0. The van der Waals surface area contributed by atoms with Gasteiger partial charge in [0.15, 0.2) is 0 Å². The molecule has 0 spiro atoms. The number of carbonyl (C=O) groups excluding carboxylic acids is 1. The fourth-order valence-corrected chi connectivity index (χ4v) is 1.80. The van der Waals surface area contributed by atoms with E-state index in [2.05, 4.69) is 0 Å². The number of primary amides is 1. The lowest BCUT2D eigenvalue weighted by Gasteiger charge is -2.17. The third-order valence-corrected chi connectivity index (χ3v) is 2.86. The first-order valence-electron chi connectivity index (χ1n) is 5.99. The fraction of sp³-hybridized carbons (Fsp3) is 0.133. The van der Waals surface area contributed by atoms with Gasteiger partial charge in [-0.25, -0.2) is 0 Å². The van der Waals surface area contributed by atoms with Gasteiger partial charge in [-0.05, 0) is 36.8 Å².